The van der Waals surface area contributed by atoms with E-state index < -0.39 is 27.3 Å². The third kappa shape index (κ3) is 2.87. The van der Waals surface area contributed by atoms with E-state index in [1.807, 2.05) is 4.72 Å². The maximum atomic E-state index is 13.6. The number of nitrogen functional groups attached to an aromatic ring is 1. The minimum Gasteiger partial charge on any atom is -0.397 e. The third-order valence-corrected chi connectivity index (χ3v) is 5.80. The first-order valence-corrected chi connectivity index (χ1v) is 7.92. The summed E-state index contributed by atoms with van der Waals surface area (Å²) in [4.78, 5) is 0. The lowest BCUT2D eigenvalue weighted by Gasteiger charge is -2.10. The summed E-state index contributed by atoms with van der Waals surface area (Å²) in [5.41, 5.74) is 5.17. The molecular formula is C11H9ClF2N2O2S2. The SMILES string of the molecule is Cc1cc(S(=O)(=O)Nc2c(N)cc(F)cc2F)sc1Cl. The van der Waals surface area contributed by atoms with E-state index in [1.165, 1.54) is 6.07 Å². The Hall–Kier alpha value is -1.38. The van der Waals surface area contributed by atoms with Crippen LogP contribution in [0.25, 0.3) is 0 Å². The third-order valence-electron chi connectivity index (χ3n) is 2.42. The summed E-state index contributed by atoms with van der Waals surface area (Å²) in [5, 5.41) is 0. The van der Waals surface area contributed by atoms with Crippen molar-refractivity contribution in [2.24, 2.45) is 0 Å². The number of anilines is 2. The molecule has 0 fully saturated rings. The lowest BCUT2D eigenvalue weighted by molar-refractivity contribution is 0.584. The predicted molar refractivity (Wildman–Crippen MR) is 75.6 cm³/mol. The van der Waals surface area contributed by atoms with E-state index in [2.05, 4.69) is 0 Å². The molecule has 0 atom stereocenters. The molecule has 2 aromatic rings. The van der Waals surface area contributed by atoms with Gasteiger partial charge in [0, 0.05) is 6.07 Å². The number of halogens is 3. The van der Waals surface area contributed by atoms with Gasteiger partial charge in [0.25, 0.3) is 10.0 Å². The van der Waals surface area contributed by atoms with Crippen LogP contribution in [0.2, 0.25) is 4.34 Å². The molecule has 0 spiro atoms. The van der Waals surface area contributed by atoms with Gasteiger partial charge in [-0.2, -0.15) is 0 Å². The molecule has 0 radical (unpaired) electrons. The van der Waals surface area contributed by atoms with Crippen molar-refractivity contribution in [1.29, 1.82) is 0 Å². The second-order valence-electron chi connectivity index (χ2n) is 3.98. The first-order chi connectivity index (χ1) is 9.20. The fraction of sp³-hybridized carbons (Fsp3) is 0.0909. The van der Waals surface area contributed by atoms with Gasteiger partial charge in [-0.05, 0) is 24.6 Å². The Kier molecular flexibility index (Phi) is 3.90. The average Bonchev–Trinajstić information content (AvgIpc) is 2.65. The van der Waals surface area contributed by atoms with Crippen LogP contribution in [0.4, 0.5) is 20.2 Å². The van der Waals surface area contributed by atoms with E-state index in [1.54, 1.807) is 6.92 Å². The number of rotatable bonds is 3. The van der Waals surface area contributed by atoms with Crippen molar-refractivity contribution in [2.45, 2.75) is 11.1 Å². The fourth-order valence-electron chi connectivity index (χ4n) is 1.45. The van der Waals surface area contributed by atoms with E-state index in [0.29, 0.717) is 16.0 Å². The molecule has 20 heavy (non-hydrogen) atoms. The van der Waals surface area contributed by atoms with Crippen LogP contribution in [-0.4, -0.2) is 8.42 Å². The Bertz CT molecular complexity index is 732. The number of benzene rings is 1. The molecule has 3 N–H and O–H groups in total. The van der Waals surface area contributed by atoms with Gasteiger partial charge in [0.15, 0.2) is 5.82 Å². The second kappa shape index (κ2) is 5.19. The maximum Gasteiger partial charge on any atom is 0.271 e. The summed E-state index contributed by atoms with van der Waals surface area (Å²) >= 11 is 6.63. The molecule has 0 aliphatic heterocycles. The zero-order chi connectivity index (χ0) is 15.1. The smallest absolute Gasteiger partial charge is 0.271 e. The van der Waals surface area contributed by atoms with Crippen LogP contribution < -0.4 is 10.5 Å². The average molecular weight is 339 g/mol. The summed E-state index contributed by atoms with van der Waals surface area (Å²) in [6.07, 6.45) is 0. The second-order valence-corrected chi connectivity index (χ2v) is 7.54. The number of thiophene rings is 1. The highest BCUT2D eigenvalue weighted by Gasteiger charge is 2.21. The van der Waals surface area contributed by atoms with Crippen LogP contribution in [0.15, 0.2) is 22.4 Å². The molecule has 4 nitrogen and oxygen atoms in total. The Balaban J connectivity index is 2.43. The number of hydrogen-bond acceptors (Lipinski definition) is 4. The molecule has 0 saturated carbocycles. The van der Waals surface area contributed by atoms with E-state index in [-0.39, 0.29) is 9.90 Å². The molecule has 108 valence electrons. The summed E-state index contributed by atoms with van der Waals surface area (Å²) in [6, 6.07) is 2.72. The summed E-state index contributed by atoms with van der Waals surface area (Å²) in [6.45, 7) is 1.64. The van der Waals surface area contributed by atoms with Crippen LogP contribution in [0.1, 0.15) is 5.56 Å². The molecule has 1 aromatic heterocycles. The van der Waals surface area contributed by atoms with Crippen molar-refractivity contribution in [3.05, 3.63) is 39.7 Å². The topological polar surface area (TPSA) is 72.2 Å². The number of hydrogen-bond donors (Lipinski definition) is 2. The van der Waals surface area contributed by atoms with E-state index in [0.717, 1.165) is 17.4 Å². The number of nitrogens with two attached hydrogens (primary N) is 1. The molecule has 0 amide bonds. The quantitative estimate of drug-likeness (QED) is 0.843. The summed E-state index contributed by atoms with van der Waals surface area (Å²) < 4.78 is 52.9. The highest BCUT2D eigenvalue weighted by Crippen LogP contribution is 2.33. The first kappa shape index (κ1) is 15.0. The highest BCUT2D eigenvalue weighted by atomic mass is 35.5. The number of nitrogens with one attached hydrogen (secondary N) is 1. The molecular weight excluding hydrogens is 330 g/mol. The van der Waals surface area contributed by atoms with Gasteiger partial charge in [-0.15, -0.1) is 11.3 Å². The molecule has 0 unspecified atom stereocenters. The summed E-state index contributed by atoms with van der Waals surface area (Å²) in [5.74, 6) is -1.98. The van der Waals surface area contributed by atoms with Crippen LogP contribution in [-0.2, 0) is 10.0 Å². The minimum atomic E-state index is -4.03. The van der Waals surface area contributed by atoms with Crippen molar-refractivity contribution in [3.63, 3.8) is 0 Å². The first-order valence-electron chi connectivity index (χ1n) is 5.24. The van der Waals surface area contributed by atoms with Crippen molar-refractivity contribution < 1.29 is 17.2 Å². The van der Waals surface area contributed by atoms with Crippen LogP contribution in [0.3, 0.4) is 0 Å². The van der Waals surface area contributed by atoms with Gasteiger partial charge >= 0.3 is 0 Å². The zero-order valence-electron chi connectivity index (χ0n) is 10.1. The fourth-order valence-corrected chi connectivity index (χ4v) is 4.25. The van der Waals surface area contributed by atoms with Gasteiger partial charge in [-0.3, -0.25) is 4.72 Å². The monoisotopic (exact) mass is 338 g/mol. The highest BCUT2D eigenvalue weighted by molar-refractivity contribution is 7.94. The largest absolute Gasteiger partial charge is 0.397 e. The van der Waals surface area contributed by atoms with E-state index in [9.17, 15) is 17.2 Å². The summed E-state index contributed by atoms with van der Waals surface area (Å²) in [7, 11) is -4.03. The number of sulfonamides is 1. The Morgan fingerprint density at radius 1 is 1.30 bits per heavy atom. The zero-order valence-corrected chi connectivity index (χ0v) is 12.5. The van der Waals surface area contributed by atoms with Crippen molar-refractivity contribution in [1.82, 2.24) is 0 Å². The molecule has 9 heteroatoms. The molecule has 1 aromatic carbocycles. The lowest BCUT2D eigenvalue weighted by atomic mass is 10.2. The van der Waals surface area contributed by atoms with E-state index >= 15 is 0 Å². The van der Waals surface area contributed by atoms with Crippen LogP contribution >= 0.6 is 22.9 Å². The van der Waals surface area contributed by atoms with Gasteiger partial charge in [0.2, 0.25) is 0 Å². The van der Waals surface area contributed by atoms with Crippen molar-refractivity contribution in [3.8, 4) is 0 Å². The Morgan fingerprint density at radius 3 is 2.45 bits per heavy atom. The van der Waals surface area contributed by atoms with Gasteiger partial charge in [0.1, 0.15) is 15.7 Å². The maximum absolute atomic E-state index is 13.6. The molecule has 2 rings (SSSR count). The standard InChI is InChI=1S/C11H9ClF2N2O2S2/c1-5-2-9(19-11(5)12)20(17,18)16-10-7(14)3-6(13)4-8(10)15/h2-4,16H,15H2,1H3. The van der Waals surface area contributed by atoms with Gasteiger partial charge in [-0.1, -0.05) is 11.6 Å². The van der Waals surface area contributed by atoms with Crippen LogP contribution in [0.5, 0.6) is 0 Å². The van der Waals surface area contributed by atoms with Gasteiger partial charge in [-0.25, -0.2) is 17.2 Å². The van der Waals surface area contributed by atoms with Crippen LogP contribution in [0, 0.1) is 18.6 Å². The molecule has 0 saturated heterocycles. The normalized spacial score (nSPS) is 11.6. The Labute approximate surface area is 123 Å². The minimum absolute atomic E-state index is 0.0804. The van der Waals surface area contributed by atoms with Crippen molar-refractivity contribution >= 4 is 44.3 Å². The van der Waals surface area contributed by atoms with Gasteiger partial charge < -0.3 is 5.73 Å². The molecule has 0 aliphatic rings. The predicted octanol–water partition coefficient (Wildman–Crippen LogP) is 3.37. The molecule has 1 heterocycles. The Morgan fingerprint density at radius 2 is 1.95 bits per heavy atom. The molecule has 0 bridgehead atoms. The number of aryl methyl sites for hydroxylation is 1. The lowest BCUT2D eigenvalue weighted by Crippen LogP contribution is -2.14. The van der Waals surface area contributed by atoms with Gasteiger partial charge in [0.05, 0.1) is 10.0 Å². The van der Waals surface area contributed by atoms with Crippen molar-refractivity contribution in [2.75, 3.05) is 10.5 Å². The molecule has 0 aliphatic carbocycles. The van der Waals surface area contributed by atoms with E-state index in [4.69, 9.17) is 17.3 Å².